The van der Waals surface area contributed by atoms with Crippen LogP contribution in [-0.2, 0) is 15.7 Å². The number of alkyl halides is 3. The van der Waals surface area contributed by atoms with E-state index in [-0.39, 0.29) is 12.1 Å². The van der Waals surface area contributed by atoms with Crippen molar-refractivity contribution in [1.29, 1.82) is 0 Å². The second-order valence-corrected chi connectivity index (χ2v) is 7.74. The van der Waals surface area contributed by atoms with Gasteiger partial charge in [0.25, 0.3) is 0 Å². The zero-order chi connectivity index (χ0) is 19.8. The molecule has 1 amide bonds. The summed E-state index contributed by atoms with van der Waals surface area (Å²) in [6.45, 7) is 7.95. The van der Waals surface area contributed by atoms with Crippen LogP contribution in [0.3, 0.4) is 0 Å². The molecule has 150 valence electrons. The Morgan fingerprint density at radius 3 is 2.52 bits per heavy atom. The fraction of sp³-hybridized carbons (Fsp3) is 0.706. The minimum absolute atomic E-state index is 0.0184. The van der Waals surface area contributed by atoms with Gasteiger partial charge in [-0.05, 0) is 32.9 Å². The summed E-state index contributed by atoms with van der Waals surface area (Å²) >= 11 is 0. The highest BCUT2D eigenvalue weighted by Crippen LogP contribution is 2.29. The molecular weight excluding hydrogens is 365 g/mol. The van der Waals surface area contributed by atoms with Gasteiger partial charge >= 0.3 is 12.3 Å². The number of ether oxygens (including phenoxy) is 2. The van der Waals surface area contributed by atoms with E-state index in [1.54, 1.807) is 4.90 Å². The lowest BCUT2D eigenvalue weighted by Gasteiger charge is -2.45. The summed E-state index contributed by atoms with van der Waals surface area (Å²) in [5, 5.41) is 6.94. The minimum Gasteiger partial charge on any atom is -0.444 e. The molecule has 1 aromatic heterocycles. The van der Waals surface area contributed by atoms with Gasteiger partial charge in [-0.3, -0.25) is 4.90 Å². The summed E-state index contributed by atoms with van der Waals surface area (Å²) in [5.41, 5.74) is -1.20. The molecule has 3 rings (SSSR count). The summed E-state index contributed by atoms with van der Waals surface area (Å²) in [6, 6.07) is 2.24. The number of morpholine rings is 1. The Morgan fingerprint density at radius 2 is 1.93 bits per heavy atom. The zero-order valence-electron chi connectivity index (χ0n) is 15.5. The van der Waals surface area contributed by atoms with Gasteiger partial charge in [-0.2, -0.15) is 18.3 Å². The van der Waals surface area contributed by atoms with Crippen LogP contribution in [0.25, 0.3) is 0 Å². The van der Waals surface area contributed by atoms with Crippen LogP contribution < -0.4 is 0 Å². The second-order valence-electron chi connectivity index (χ2n) is 7.74. The van der Waals surface area contributed by atoms with Crippen molar-refractivity contribution in [3.8, 4) is 0 Å². The molecule has 2 saturated heterocycles. The van der Waals surface area contributed by atoms with Gasteiger partial charge in [-0.25, -0.2) is 4.79 Å². The first-order valence-corrected chi connectivity index (χ1v) is 8.77. The number of fused-ring (bicyclic) bond motifs is 1. The first kappa shape index (κ1) is 19.8. The van der Waals surface area contributed by atoms with Crippen LogP contribution >= 0.6 is 0 Å². The molecule has 0 radical (unpaired) electrons. The second kappa shape index (κ2) is 7.23. The molecule has 2 aliphatic heterocycles. The molecule has 0 aromatic carbocycles. The van der Waals surface area contributed by atoms with Crippen LogP contribution in [0.4, 0.5) is 18.0 Å². The normalized spacial score (nSPS) is 24.4. The molecule has 0 spiro atoms. The van der Waals surface area contributed by atoms with Crippen molar-refractivity contribution in [3.05, 3.63) is 23.5 Å². The average Bonchev–Trinajstić information content (AvgIpc) is 2.58. The van der Waals surface area contributed by atoms with Gasteiger partial charge in [0, 0.05) is 26.2 Å². The topological polar surface area (TPSA) is 67.8 Å². The van der Waals surface area contributed by atoms with Crippen LogP contribution in [0, 0.1) is 0 Å². The molecule has 1 unspecified atom stereocenters. The van der Waals surface area contributed by atoms with Crippen LogP contribution in [0.15, 0.2) is 12.1 Å². The van der Waals surface area contributed by atoms with Crippen molar-refractivity contribution < 1.29 is 27.4 Å². The maximum Gasteiger partial charge on any atom is 0.435 e. The number of piperazine rings is 1. The number of amides is 1. The van der Waals surface area contributed by atoms with Crippen molar-refractivity contribution in [1.82, 2.24) is 20.0 Å². The molecule has 2 fully saturated rings. The largest absolute Gasteiger partial charge is 0.444 e. The van der Waals surface area contributed by atoms with Gasteiger partial charge in [0.15, 0.2) is 5.69 Å². The van der Waals surface area contributed by atoms with Gasteiger partial charge in [0.2, 0.25) is 0 Å². The van der Waals surface area contributed by atoms with E-state index in [0.717, 1.165) is 6.07 Å². The summed E-state index contributed by atoms with van der Waals surface area (Å²) in [6.07, 6.45) is -5.30. The summed E-state index contributed by atoms with van der Waals surface area (Å²) in [5.74, 6) is 0. The molecule has 0 aliphatic carbocycles. The fourth-order valence-corrected chi connectivity index (χ4v) is 3.12. The van der Waals surface area contributed by atoms with Crippen LogP contribution in [-0.4, -0.2) is 70.5 Å². The predicted molar refractivity (Wildman–Crippen MR) is 88.9 cm³/mol. The number of hydrogen-bond acceptors (Lipinski definition) is 6. The number of aromatic nitrogens is 2. The van der Waals surface area contributed by atoms with E-state index >= 15 is 0 Å². The fourth-order valence-electron chi connectivity index (χ4n) is 3.12. The van der Waals surface area contributed by atoms with Crippen LogP contribution in [0.1, 0.15) is 38.3 Å². The Bertz CT molecular complexity index is 675. The van der Waals surface area contributed by atoms with E-state index in [1.165, 1.54) is 6.07 Å². The van der Waals surface area contributed by atoms with Crippen molar-refractivity contribution >= 4 is 6.09 Å². The molecule has 7 nitrogen and oxygen atoms in total. The molecule has 0 bridgehead atoms. The van der Waals surface area contributed by atoms with Crippen LogP contribution in [0.5, 0.6) is 0 Å². The molecule has 0 N–H and O–H groups in total. The highest BCUT2D eigenvalue weighted by molar-refractivity contribution is 5.68. The SMILES string of the molecule is CC(C)(C)OC(=O)N1CCN2CC(c3ccc(C(F)(F)F)nn3)OC[C@@H]2C1. The third kappa shape index (κ3) is 4.86. The average molecular weight is 388 g/mol. The Labute approximate surface area is 155 Å². The van der Waals surface area contributed by atoms with Crippen molar-refractivity contribution in [2.75, 3.05) is 32.8 Å². The molecule has 10 heteroatoms. The van der Waals surface area contributed by atoms with E-state index in [9.17, 15) is 18.0 Å². The Morgan fingerprint density at radius 1 is 1.19 bits per heavy atom. The number of halogens is 3. The van der Waals surface area contributed by atoms with E-state index in [1.807, 2.05) is 20.8 Å². The first-order chi connectivity index (χ1) is 12.5. The van der Waals surface area contributed by atoms with Crippen molar-refractivity contribution in [3.63, 3.8) is 0 Å². The Kier molecular flexibility index (Phi) is 5.31. The quantitative estimate of drug-likeness (QED) is 0.736. The molecule has 1 aromatic rings. The van der Waals surface area contributed by atoms with Gasteiger partial charge in [-0.15, -0.1) is 5.10 Å². The lowest BCUT2D eigenvalue weighted by Crippen LogP contribution is -2.60. The highest BCUT2D eigenvalue weighted by Gasteiger charge is 2.38. The summed E-state index contributed by atoms with van der Waals surface area (Å²) in [7, 11) is 0. The van der Waals surface area contributed by atoms with Crippen molar-refractivity contribution in [2.24, 2.45) is 0 Å². The summed E-state index contributed by atoms with van der Waals surface area (Å²) < 4.78 is 49.0. The van der Waals surface area contributed by atoms with E-state index in [2.05, 4.69) is 15.1 Å². The minimum atomic E-state index is -4.51. The Balaban J connectivity index is 1.58. The van der Waals surface area contributed by atoms with Crippen molar-refractivity contribution in [2.45, 2.75) is 44.7 Å². The van der Waals surface area contributed by atoms with Crippen LogP contribution in [0.2, 0.25) is 0 Å². The third-order valence-corrected chi connectivity index (χ3v) is 4.45. The van der Waals surface area contributed by atoms with E-state index < -0.39 is 23.6 Å². The molecule has 27 heavy (non-hydrogen) atoms. The lowest BCUT2D eigenvalue weighted by atomic mass is 10.1. The highest BCUT2D eigenvalue weighted by atomic mass is 19.4. The van der Waals surface area contributed by atoms with Gasteiger partial charge in [0.05, 0.1) is 18.3 Å². The molecular formula is C17H23F3N4O3. The third-order valence-electron chi connectivity index (χ3n) is 4.45. The molecule has 2 aliphatic rings. The zero-order valence-corrected chi connectivity index (χ0v) is 15.5. The predicted octanol–water partition coefficient (Wildman–Crippen LogP) is 2.49. The number of hydrogen-bond donors (Lipinski definition) is 0. The first-order valence-electron chi connectivity index (χ1n) is 8.77. The number of carbonyl (C=O) groups excluding carboxylic acids is 1. The maximum absolute atomic E-state index is 12.6. The number of rotatable bonds is 1. The van der Waals surface area contributed by atoms with Gasteiger partial charge in [-0.1, -0.05) is 0 Å². The Hall–Kier alpha value is -1.94. The standard InChI is InChI=1S/C17H23F3N4O3/c1-16(2,3)27-15(25)24-7-6-23-9-13(26-10-11(23)8-24)12-4-5-14(22-21-12)17(18,19)20/h4-5,11,13H,6-10H2,1-3H3/t11-,13?/m0/s1. The molecule has 3 heterocycles. The molecule has 2 atom stereocenters. The maximum atomic E-state index is 12.6. The number of carbonyl (C=O) groups is 1. The molecule has 0 saturated carbocycles. The summed E-state index contributed by atoms with van der Waals surface area (Å²) in [4.78, 5) is 16.0. The van der Waals surface area contributed by atoms with Gasteiger partial charge < -0.3 is 14.4 Å². The smallest absolute Gasteiger partial charge is 0.435 e. The monoisotopic (exact) mass is 388 g/mol. The lowest BCUT2D eigenvalue weighted by molar-refractivity contribution is -0.142. The number of nitrogens with zero attached hydrogens (tertiary/aromatic N) is 4. The van der Waals surface area contributed by atoms with E-state index in [0.29, 0.717) is 38.5 Å². The van der Waals surface area contributed by atoms with Gasteiger partial charge in [0.1, 0.15) is 11.7 Å². The van der Waals surface area contributed by atoms with E-state index in [4.69, 9.17) is 9.47 Å².